The van der Waals surface area contributed by atoms with E-state index in [4.69, 9.17) is 0 Å². The Labute approximate surface area is 299 Å². The average Bonchev–Trinajstić information content (AvgIpc) is 3.58. The van der Waals surface area contributed by atoms with Crippen LogP contribution in [-0.4, -0.2) is 0 Å². The van der Waals surface area contributed by atoms with Crippen molar-refractivity contribution in [1.82, 2.24) is 0 Å². The van der Waals surface area contributed by atoms with E-state index in [0.29, 0.717) is 0 Å². The maximum atomic E-state index is 2.47. The first kappa shape index (κ1) is 28.5. The fourth-order valence-corrected chi connectivity index (χ4v) is 9.66. The smallest absolute Gasteiger partial charge is 0.0434 e. The number of fused-ring (bicyclic) bond motifs is 9. The van der Waals surface area contributed by atoms with Crippen LogP contribution in [0.1, 0.15) is 0 Å². The van der Waals surface area contributed by atoms with E-state index in [9.17, 15) is 0 Å². The summed E-state index contributed by atoms with van der Waals surface area (Å²) in [5.41, 5.74) is 7.55. The SMILES string of the molecule is c1ccc2cc(-c3c4ccccc4c(-c4ccc5ccccc5c4)c4cc(-c5cc6c7ccccc7sc6c6ccccc56)ccc34)ccc2c1. The third kappa shape index (κ3) is 4.39. The van der Waals surface area contributed by atoms with Gasteiger partial charge < -0.3 is 0 Å². The highest BCUT2D eigenvalue weighted by atomic mass is 32.1. The van der Waals surface area contributed by atoms with Gasteiger partial charge in [-0.2, -0.15) is 0 Å². The van der Waals surface area contributed by atoms with Crippen LogP contribution in [-0.2, 0) is 0 Å². The summed E-state index contributed by atoms with van der Waals surface area (Å²) >= 11 is 1.90. The minimum atomic E-state index is 1.23. The monoisotopic (exact) mass is 662 g/mol. The van der Waals surface area contributed by atoms with Crippen LogP contribution in [0.3, 0.4) is 0 Å². The van der Waals surface area contributed by atoms with Gasteiger partial charge in [0.2, 0.25) is 0 Å². The first-order valence-electron chi connectivity index (χ1n) is 17.6. The highest BCUT2D eigenvalue weighted by Gasteiger charge is 2.19. The molecule has 0 radical (unpaired) electrons. The maximum absolute atomic E-state index is 2.47. The van der Waals surface area contributed by atoms with E-state index >= 15 is 0 Å². The normalized spacial score (nSPS) is 11.9. The van der Waals surface area contributed by atoms with Crippen LogP contribution in [0, 0.1) is 0 Å². The maximum Gasteiger partial charge on any atom is 0.0434 e. The average molecular weight is 663 g/mol. The van der Waals surface area contributed by atoms with Crippen LogP contribution in [0.15, 0.2) is 182 Å². The Balaban J connectivity index is 1.27. The molecule has 0 aliphatic carbocycles. The van der Waals surface area contributed by atoms with Gasteiger partial charge in [0.25, 0.3) is 0 Å². The first-order valence-corrected chi connectivity index (χ1v) is 18.4. The van der Waals surface area contributed by atoms with Crippen molar-refractivity contribution in [2.24, 2.45) is 0 Å². The van der Waals surface area contributed by atoms with Gasteiger partial charge in [0.1, 0.15) is 0 Å². The molecule has 1 heterocycles. The summed E-state index contributed by atoms with van der Waals surface area (Å²) in [4.78, 5) is 0. The summed E-state index contributed by atoms with van der Waals surface area (Å²) in [5.74, 6) is 0. The standard InChI is InChI=1S/C50H30S/c1-3-13-33-27-36(23-21-31(33)11-1)48-40-17-6-7-18-41(40)49(37-24-22-32-12-2-4-14-34(32)28-37)45-29-35(25-26-42(45)48)44-30-46-39-16-9-10-20-47(39)51-50(46)43-19-8-5-15-38(43)44/h1-30H. The van der Waals surface area contributed by atoms with Crippen molar-refractivity contribution in [3.8, 4) is 33.4 Å². The van der Waals surface area contributed by atoms with Gasteiger partial charge in [0.15, 0.2) is 0 Å². The predicted octanol–water partition coefficient (Wildman–Crippen LogP) is 14.8. The van der Waals surface area contributed by atoms with Gasteiger partial charge in [0, 0.05) is 25.6 Å². The molecular formula is C50H30S. The summed E-state index contributed by atoms with van der Waals surface area (Å²) in [6, 6.07) is 67.7. The van der Waals surface area contributed by atoms with E-state index in [1.807, 2.05) is 11.3 Å². The second kappa shape index (κ2) is 11.1. The van der Waals surface area contributed by atoms with Gasteiger partial charge >= 0.3 is 0 Å². The summed E-state index contributed by atoms with van der Waals surface area (Å²) in [5, 5.41) is 15.4. The lowest BCUT2D eigenvalue weighted by molar-refractivity contribution is 1.67. The lowest BCUT2D eigenvalue weighted by Gasteiger charge is -2.19. The zero-order chi connectivity index (χ0) is 33.5. The van der Waals surface area contributed by atoms with Crippen LogP contribution >= 0.6 is 11.3 Å². The summed E-state index contributed by atoms with van der Waals surface area (Å²) in [6.07, 6.45) is 0. The molecular weight excluding hydrogens is 633 g/mol. The van der Waals surface area contributed by atoms with Crippen molar-refractivity contribution in [2.45, 2.75) is 0 Å². The molecule has 11 aromatic rings. The Morgan fingerprint density at radius 1 is 0.275 bits per heavy atom. The van der Waals surface area contributed by atoms with E-state index in [1.165, 1.54) is 107 Å². The van der Waals surface area contributed by atoms with Gasteiger partial charge in [-0.3, -0.25) is 0 Å². The molecule has 0 amide bonds. The molecule has 0 bridgehead atoms. The minimum absolute atomic E-state index is 1.23. The minimum Gasteiger partial charge on any atom is -0.135 e. The van der Waals surface area contributed by atoms with Crippen LogP contribution in [0.5, 0.6) is 0 Å². The quantitative estimate of drug-likeness (QED) is 0.165. The molecule has 0 aliphatic heterocycles. The second-order valence-electron chi connectivity index (χ2n) is 13.6. The lowest BCUT2D eigenvalue weighted by atomic mass is 9.84. The summed E-state index contributed by atoms with van der Waals surface area (Å²) in [6.45, 7) is 0. The molecule has 0 fully saturated rings. The van der Waals surface area contributed by atoms with E-state index in [2.05, 4.69) is 182 Å². The molecule has 0 saturated heterocycles. The van der Waals surface area contributed by atoms with E-state index in [1.54, 1.807) is 0 Å². The summed E-state index contributed by atoms with van der Waals surface area (Å²) < 4.78 is 2.69. The Hall–Kier alpha value is -6.28. The van der Waals surface area contributed by atoms with Crippen LogP contribution in [0.4, 0.5) is 0 Å². The number of thiophene rings is 1. The van der Waals surface area contributed by atoms with Gasteiger partial charge in [-0.25, -0.2) is 0 Å². The van der Waals surface area contributed by atoms with Crippen LogP contribution in [0.2, 0.25) is 0 Å². The Bertz CT molecular complexity index is 3200. The van der Waals surface area contributed by atoms with Crippen LogP contribution < -0.4 is 0 Å². The largest absolute Gasteiger partial charge is 0.135 e. The van der Waals surface area contributed by atoms with Crippen molar-refractivity contribution in [3.05, 3.63) is 182 Å². The van der Waals surface area contributed by atoms with Gasteiger partial charge in [-0.1, -0.05) is 152 Å². The number of benzene rings is 10. The third-order valence-electron chi connectivity index (χ3n) is 10.8. The molecule has 51 heavy (non-hydrogen) atoms. The van der Waals surface area contributed by atoms with Crippen molar-refractivity contribution >= 4 is 85.4 Å². The third-order valence-corrected chi connectivity index (χ3v) is 12.0. The van der Waals surface area contributed by atoms with Crippen molar-refractivity contribution in [2.75, 3.05) is 0 Å². The molecule has 11 rings (SSSR count). The molecule has 0 aliphatic rings. The first-order chi connectivity index (χ1) is 25.3. The zero-order valence-electron chi connectivity index (χ0n) is 27.7. The van der Waals surface area contributed by atoms with Gasteiger partial charge in [-0.05, 0) is 112 Å². The molecule has 0 N–H and O–H groups in total. The molecule has 0 atom stereocenters. The summed E-state index contributed by atoms with van der Waals surface area (Å²) in [7, 11) is 0. The second-order valence-corrected chi connectivity index (χ2v) is 14.7. The number of rotatable bonds is 3. The van der Waals surface area contributed by atoms with Gasteiger partial charge in [-0.15, -0.1) is 11.3 Å². The Morgan fingerprint density at radius 2 is 0.765 bits per heavy atom. The fourth-order valence-electron chi connectivity index (χ4n) is 8.44. The Kier molecular flexibility index (Phi) is 6.22. The van der Waals surface area contributed by atoms with Crippen molar-refractivity contribution in [1.29, 1.82) is 0 Å². The molecule has 10 aromatic carbocycles. The molecule has 0 saturated carbocycles. The number of hydrogen-bond acceptors (Lipinski definition) is 1. The molecule has 1 aromatic heterocycles. The zero-order valence-corrected chi connectivity index (χ0v) is 28.5. The fraction of sp³-hybridized carbons (Fsp3) is 0. The molecule has 0 unspecified atom stereocenters. The van der Waals surface area contributed by atoms with E-state index in [0.717, 1.165) is 0 Å². The number of hydrogen-bond donors (Lipinski definition) is 0. The highest BCUT2D eigenvalue weighted by molar-refractivity contribution is 7.26. The molecule has 0 nitrogen and oxygen atoms in total. The van der Waals surface area contributed by atoms with E-state index < -0.39 is 0 Å². The molecule has 1 heteroatoms. The van der Waals surface area contributed by atoms with Crippen molar-refractivity contribution in [3.63, 3.8) is 0 Å². The van der Waals surface area contributed by atoms with Crippen LogP contribution in [0.25, 0.3) is 107 Å². The Morgan fingerprint density at radius 3 is 1.43 bits per heavy atom. The lowest BCUT2D eigenvalue weighted by Crippen LogP contribution is -1.92. The molecule has 236 valence electrons. The van der Waals surface area contributed by atoms with Crippen molar-refractivity contribution < 1.29 is 0 Å². The highest BCUT2D eigenvalue weighted by Crippen LogP contribution is 2.47. The topological polar surface area (TPSA) is 0 Å². The molecule has 0 spiro atoms. The van der Waals surface area contributed by atoms with Gasteiger partial charge in [0.05, 0.1) is 0 Å². The predicted molar refractivity (Wildman–Crippen MR) is 223 cm³/mol. The van der Waals surface area contributed by atoms with E-state index in [-0.39, 0.29) is 0 Å².